The van der Waals surface area contributed by atoms with Gasteiger partial charge in [-0.15, -0.1) is 0 Å². The predicted octanol–water partition coefficient (Wildman–Crippen LogP) is 2.80. The van der Waals surface area contributed by atoms with Gasteiger partial charge < -0.3 is 16.0 Å². The Hall–Kier alpha value is -2.40. The van der Waals surface area contributed by atoms with E-state index in [2.05, 4.69) is 52.6 Å². The number of hydrogen-bond donors (Lipinski definition) is 3. The van der Waals surface area contributed by atoms with Gasteiger partial charge in [-0.25, -0.2) is 9.97 Å². The summed E-state index contributed by atoms with van der Waals surface area (Å²) < 4.78 is 38.1. The van der Waals surface area contributed by atoms with E-state index < -0.39 is 11.9 Å². The highest BCUT2D eigenvalue weighted by atomic mass is 32.1. The van der Waals surface area contributed by atoms with Gasteiger partial charge in [0.25, 0.3) is 0 Å². The molecule has 1 aliphatic rings. The predicted molar refractivity (Wildman–Crippen MR) is 113 cm³/mol. The van der Waals surface area contributed by atoms with E-state index in [9.17, 15) is 13.2 Å². The summed E-state index contributed by atoms with van der Waals surface area (Å²) in [5.41, 5.74) is 0.400. The van der Waals surface area contributed by atoms with Gasteiger partial charge in [0.1, 0.15) is 5.69 Å². The lowest BCUT2D eigenvalue weighted by atomic mass is 10.0. The molecule has 164 valence electrons. The lowest BCUT2D eigenvalue weighted by molar-refractivity contribution is -0.141. The highest BCUT2D eigenvalue weighted by Crippen LogP contribution is 2.27. The van der Waals surface area contributed by atoms with Crippen LogP contribution in [0.4, 0.5) is 19.1 Å². The molecule has 0 spiro atoms. The first-order valence-electron chi connectivity index (χ1n) is 9.79. The molecule has 3 N–H and O–H groups in total. The second-order valence-electron chi connectivity index (χ2n) is 7.02. The van der Waals surface area contributed by atoms with Crippen LogP contribution in [0.5, 0.6) is 0 Å². The molecular formula is C19H26F3N7S. The molecule has 3 rings (SSSR count). The van der Waals surface area contributed by atoms with Gasteiger partial charge in [-0.05, 0) is 41.3 Å². The van der Waals surface area contributed by atoms with Crippen molar-refractivity contribution in [2.45, 2.75) is 31.6 Å². The monoisotopic (exact) mass is 441 g/mol. The van der Waals surface area contributed by atoms with Crippen molar-refractivity contribution in [2.24, 2.45) is 4.99 Å². The minimum Gasteiger partial charge on any atom is -0.355 e. The molecule has 0 aliphatic carbocycles. The number of halogens is 3. The number of piperidine rings is 1. The fraction of sp³-hybridized carbons (Fsp3) is 0.526. The van der Waals surface area contributed by atoms with Crippen LogP contribution in [0.1, 0.15) is 24.1 Å². The summed E-state index contributed by atoms with van der Waals surface area (Å²) in [5.74, 6) is 0.630. The molecule has 1 saturated heterocycles. The highest BCUT2D eigenvalue weighted by Gasteiger charge is 2.32. The third-order valence-corrected chi connectivity index (χ3v) is 5.52. The largest absolute Gasteiger partial charge is 0.433 e. The van der Waals surface area contributed by atoms with Crippen molar-refractivity contribution in [3.63, 3.8) is 0 Å². The molecule has 0 bridgehead atoms. The van der Waals surface area contributed by atoms with Crippen LogP contribution in [-0.4, -0.2) is 60.1 Å². The third kappa shape index (κ3) is 6.84. The topological polar surface area (TPSA) is 77.5 Å². The second kappa shape index (κ2) is 10.6. The second-order valence-corrected chi connectivity index (χ2v) is 7.80. The quantitative estimate of drug-likeness (QED) is 0.349. The number of anilines is 1. The Morgan fingerprint density at radius 3 is 2.73 bits per heavy atom. The first-order chi connectivity index (χ1) is 14.4. The fourth-order valence-electron chi connectivity index (χ4n) is 3.22. The summed E-state index contributed by atoms with van der Waals surface area (Å²) in [4.78, 5) is 14.0. The third-order valence-electron chi connectivity index (χ3n) is 4.78. The van der Waals surface area contributed by atoms with Crippen LogP contribution in [-0.2, 0) is 12.7 Å². The van der Waals surface area contributed by atoms with E-state index in [-0.39, 0.29) is 5.95 Å². The van der Waals surface area contributed by atoms with E-state index in [1.165, 1.54) is 5.56 Å². The molecule has 0 saturated carbocycles. The van der Waals surface area contributed by atoms with Crippen molar-refractivity contribution in [1.82, 2.24) is 25.5 Å². The SMILES string of the molecule is CN=C(NCCNc1nccc(C(F)(F)F)n1)NC1CCN(Cc2ccsc2)CC1. The number of likely N-dealkylation sites (tertiary alicyclic amines) is 1. The van der Waals surface area contributed by atoms with Gasteiger partial charge in [0.05, 0.1) is 0 Å². The molecule has 7 nitrogen and oxygen atoms in total. The van der Waals surface area contributed by atoms with Crippen molar-refractivity contribution in [2.75, 3.05) is 38.5 Å². The number of aromatic nitrogens is 2. The van der Waals surface area contributed by atoms with E-state index in [0.717, 1.165) is 44.7 Å². The molecule has 1 aliphatic heterocycles. The molecular weight excluding hydrogens is 415 g/mol. The maximum Gasteiger partial charge on any atom is 0.433 e. The van der Waals surface area contributed by atoms with Crippen molar-refractivity contribution in [3.05, 3.63) is 40.3 Å². The van der Waals surface area contributed by atoms with Crippen LogP contribution in [0.15, 0.2) is 34.1 Å². The maximum atomic E-state index is 12.7. The zero-order valence-electron chi connectivity index (χ0n) is 16.7. The van der Waals surface area contributed by atoms with Crippen LogP contribution < -0.4 is 16.0 Å². The Morgan fingerprint density at radius 1 is 1.27 bits per heavy atom. The zero-order chi connectivity index (χ0) is 21.4. The van der Waals surface area contributed by atoms with Crippen LogP contribution in [0.25, 0.3) is 0 Å². The first-order valence-corrected chi connectivity index (χ1v) is 10.7. The van der Waals surface area contributed by atoms with Crippen LogP contribution in [0, 0.1) is 0 Å². The number of hydrogen-bond acceptors (Lipinski definition) is 6. The van der Waals surface area contributed by atoms with Gasteiger partial charge in [-0.2, -0.15) is 24.5 Å². The summed E-state index contributed by atoms with van der Waals surface area (Å²) in [6.45, 7) is 3.88. The molecule has 0 unspecified atom stereocenters. The van der Waals surface area contributed by atoms with Gasteiger partial charge in [0.2, 0.25) is 5.95 Å². The first kappa shape index (κ1) is 22.3. The van der Waals surface area contributed by atoms with E-state index in [1.807, 2.05) is 0 Å². The van der Waals surface area contributed by atoms with Gasteiger partial charge in [-0.3, -0.25) is 9.89 Å². The normalized spacial score (nSPS) is 16.5. The molecule has 1 fully saturated rings. The number of rotatable bonds is 7. The zero-order valence-corrected chi connectivity index (χ0v) is 17.6. The molecule has 3 heterocycles. The molecule has 11 heteroatoms. The number of alkyl halides is 3. The summed E-state index contributed by atoms with van der Waals surface area (Å²) in [7, 11) is 1.70. The molecule has 0 radical (unpaired) electrons. The average Bonchev–Trinajstić information content (AvgIpc) is 3.24. The van der Waals surface area contributed by atoms with Crippen molar-refractivity contribution >= 4 is 23.2 Å². The molecule has 2 aromatic heterocycles. The van der Waals surface area contributed by atoms with Crippen molar-refractivity contribution in [3.8, 4) is 0 Å². The maximum absolute atomic E-state index is 12.7. The van der Waals surface area contributed by atoms with Crippen molar-refractivity contribution in [1.29, 1.82) is 0 Å². The van der Waals surface area contributed by atoms with Gasteiger partial charge in [0.15, 0.2) is 5.96 Å². The molecule has 2 aromatic rings. The van der Waals surface area contributed by atoms with Gasteiger partial charge in [0, 0.05) is 52.0 Å². The Labute approximate surface area is 177 Å². The Bertz CT molecular complexity index is 803. The summed E-state index contributed by atoms with van der Waals surface area (Å²) in [6, 6.07) is 3.36. The summed E-state index contributed by atoms with van der Waals surface area (Å²) in [5, 5.41) is 13.7. The molecule has 30 heavy (non-hydrogen) atoms. The Morgan fingerprint density at radius 2 is 2.07 bits per heavy atom. The number of nitrogens with zero attached hydrogens (tertiary/aromatic N) is 4. The van der Waals surface area contributed by atoms with E-state index in [0.29, 0.717) is 25.1 Å². The van der Waals surface area contributed by atoms with E-state index in [1.54, 1.807) is 18.4 Å². The smallest absolute Gasteiger partial charge is 0.355 e. The average molecular weight is 442 g/mol. The minimum absolute atomic E-state index is 0.0486. The number of aliphatic imine (C=N–C) groups is 1. The van der Waals surface area contributed by atoms with Crippen LogP contribution >= 0.6 is 11.3 Å². The lowest BCUT2D eigenvalue weighted by Gasteiger charge is -2.32. The minimum atomic E-state index is -4.48. The lowest BCUT2D eigenvalue weighted by Crippen LogP contribution is -2.49. The van der Waals surface area contributed by atoms with Gasteiger partial charge >= 0.3 is 6.18 Å². The number of thiophene rings is 1. The number of nitrogens with one attached hydrogen (secondary N) is 3. The van der Waals surface area contributed by atoms with Gasteiger partial charge in [-0.1, -0.05) is 0 Å². The van der Waals surface area contributed by atoms with E-state index in [4.69, 9.17) is 0 Å². The Balaban J connectivity index is 1.35. The summed E-state index contributed by atoms with van der Waals surface area (Å²) >= 11 is 1.72. The highest BCUT2D eigenvalue weighted by molar-refractivity contribution is 7.07. The molecule has 0 aromatic carbocycles. The molecule has 0 amide bonds. The Kier molecular flexibility index (Phi) is 7.86. The van der Waals surface area contributed by atoms with Crippen LogP contribution in [0.2, 0.25) is 0 Å². The fourth-order valence-corrected chi connectivity index (χ4v) is 3.88. The van der Waals surface area contributed by atoms with Crippen LogP contribution in [0.3, 0.4) is 0 Å². The number of guanidine groups is 1. The van der Waals surface area contributed by atoms with Crippen molar-refractivity contribution < 1.29 is 13.2 Å². The summed E-state index contributed by atoms with van der Waals surface area (Å²) in [6.07, 6.45) is -1.33. The molecule has 0 atom stereocenters. The van der Waals surface area contributed by atoms with E-state index >= 15 is 0 Å². The standard InChI is InChI=1S/C19H26F3N7S/c1-23-17(25-7-8-26-18-24-6-2-16(28-18)19(20,21)22)27-15-3-9-29(10-4-15)12-14-5-11-30-13-14/h2,5-6,11,13,15H,3-4,7-10,12H2,1H3,(H2,23,25,27)(H,24,26,28).